The van der Waals surface area contributed by atoms with Gasteiger partial charge >= 0.3 is 0 Å². The molecule has 0 fully saturated rings. The van der Waals surface area contributed by atoms with Crippen molar-refractivity contribution < 1.29 is 18.7 Å². The number of nitrogens with one attached hydrogen (secondary N) is 1. The number of benzene rings is 2. The van der Waals surface area contributed by atoms with Gasteiger partial charge in [-0.1, -0.05) is 32.0 Å². The smallest absolute Gasteiger partial charge is 0.263 e. The topological polar surface area (TPSA) is 50.8 Å². The molecule has 1 amide bonds. The summed E-state index contributed by atoms with van der Waals surface area (Å²) in [5.74, 6) is 0.361. The molecule has 0 saturated heterocycles. The molecule has 0 spiro atoms. The fraction of sp³-hybridized carbons (Fsp3) is 0.409. The van der Waals surface area contributed by atoms with Gasteiger partial charge in [-0.3, -0.25) is 4.79 Å². The Balaban J connectivity index is 1.81. The minimum atomic E-state index is -0.612. The zero-order valence-electron chi connectivity index (χ0n) is 16.6. The summed E-state index contributed by atoms with van der Waals surface area (Å²) in [6.07, 6.45) is 1.14. The molecule has 3 rings (SSSR count). The Kier molecular flexibility index (Phi) is 6.39. The lowest BCUT2D eigenvalue weighted by molar-refractivity contribution is -0.128. The second-order valence-corrected chi connectivity index (χ2v) is 6.95. The number of anilines is 1. The van der Waals surface area contributed by atoms with Crippen molar-refractivity contribution in [1.82, 2.24) is 5.32 Å². The molecule has 1 N–H and O–H groups in total. The van der Waals surface area contributed by atoms with Crippen LogP contribution in [0, 0.1) is 5.82 Å². The largest absolute Gasteiger partial charge is 0.494 e. The van der Waals surface area contributed by atoms with E-state index in [4.69, 9.17) is 9.47 Å². The predicted molar refractivity (Wildman–Crippen MR) is 107 cm³/mol. The van der Waals surface area contributed by atoms with Crippen LogP contribution in [0.5, 0.6) is 11.5 Å². The van der Waals surface area contributed by atoms with E-state index in [0.29, 0.717) is 18.8 Å². The molecular weight excluding hydrogens is 359 g/mol. The second-order valence-electron chi connectivity index (χ2n) is 6.95. The second kappa shape index (κ2) is 8.95. The fourth-order valence-electron chi connectivity index (χ4n) is 3.41. The maximum atomic E-state index is 14.1. The van der Waals surface area contributed by atoms with Gasteiger partial charge in [-0.05, 0) is 42.7 Å². The molecule has 0 aromatic heterocycles. The first-order valence-electron chi connectivity index (χ1n) is 9.69. The number of para-hydroxylation sites is 2. The Morgan fingerprint density at radius 1 is 1.29 bits per heavy atom. The Bertz CT molecular complexity index is 823. The van der Waals surface area contributed by atoms with Crippen LogP contribution in [0.25, 0.3) is 0 Å². The molecule has 1 atom stereocenters. The van der Waals surface area contributed by atoms with E-state index in [9.17, 15) is 9.18 Å². The molecule has 1 aliphatic heterocycles. The summed E-state index contributed by atoms with van der Waals surface area (Å²) in [7, 11) is 1.44. The molecule has 5 nitrogen and oxygen atoms in total. The van der Waals surface area contributed by atoms with Crippen molar-refractivity contribution in [3.8, 4) is 11.5 Å². The van der Waals surface area contributed by atoms with Gasteiger partial charge in [0.25, 0.3) is 5.91 Å². The van der Waals surface area contributed by atoms with Gasteiger partial charge in [-0.15, -0.1) is 0 Å². The van der Waals surface area contributed by atoms with Crippen LogP contribution in [0.2, 0.25) is 0 Å². The molecule has 2 aromatic carbocycles. The number of halogens is 1. The highest BCUT2D eigenvalue weighted by molar-refractivity contribution is 5.83. The average molecular weight is 386 g/mol. The number of nitrogens with zero attached hydrogens (tertiary/aromatic N) is 1. The summed E-state index contributed by atoms with van der Waals surface area (Å²) in [6.45, 7) is 4.97. The van der Waals surface area contributed by atoms with E-state index in [2.05, 4.69) is 24.1 Å². The molecule has 150 valence electrons. The van der Waals surface area contributed by atoms with Gasteiger partial charge in [-0.25, -0.2) is 4.39 Å². The maximum Gasteiger partial charge on any atom is 0.263 e. The van der Waals surface area contributed by atoms with Crippen LogP contribution in [-0.2, 0) is 11.3 Å². The van der Waals surface area contributed by atoms with E-state index < -0.39 is 11.9 Å². The number of hydrogen-bond acceptors (Lipinski definition) is 4. The number of amides is 1. The lowest BCUT2D eigenvalue weighted by atomic mass is 10.1. The van der Waals surface area contributed by atoms with Crippen molar-refractivity contribution in [2.75, 3.05) is 18.6 Å². The maximum absolute atomic E-state index is 14.1. The third-order valence-corrected chi connectivity index (χ3v) is 5.08. The summed E-state index contributed by atoms with van der Waals surface area (Å²) in [4.78, 5) is 14.8. The van der Waals surface area contributed by atoms with Crippen LogP contribution in [0.1, 0.15) is 32.3 Å². The van der Waals surface area contributed by atoms with E-state index in [-0.39, 0.29) is 17.7 Å². The van der Waals surface area contributed by atoms with Gasteiger partial charge < -0.3 is 19.7 Å². The number of carbonyl (C=O) groups excluding carboxylic acids is 1. The van der Waals surface area contributed by atoms with Crippen molar-refractivity contribution >= 4 is 11.6 Å². The molecule has 0 radical (unpaired) electrons. The van der Waals surface area contributed by atoms with Crippen molar-refractivity contribution in [3.63, 3.8) is 0 Å². The molecule has 6 heteroatoms. The van der Waals surface area contributed by atoms with Crippen molar-refractivity contribution in [2.45, 2.75) is 45.4 Å². The summed E-state index contributed by atoms with van der Waals surface area (Å²) in [6, 6.07) is 12.7. The van der Waals surface area contributed by atoms with E-state index in [1.807, 2.05) is 30.3 Å². The highest BCUT2D eigenvalue weighted by Crippen LogP contribution is 2.34. The monoisotopic (exact) mass is 386 g/mol. The highest BCUT2D eigenvalue weighted by Gasteiger charge is 2.31. The van der Waals surface area contributed by atoms with Gasteiger partial charge in [0.2, 0.25) is 0 Å². The summed E-state index contributed by atoms with van der Waals surface area (Å²) in [5, 5.41) is 3.06. The molecule has 0 aliphatic carbocycles. The molecule has 28 heavy (non-hydrogen) atoms. The van der Waals surface area contributed by atoms with Crippen LogP contribution in [-0.4, -0.2) is 31.7 Å². The fourth-order valence-corrected chi connectivity index (χ4v) is 3.41. The highest BCUT2D eigenvalue weighted by atomic mass is 19.1. The molecule has 1 unspecified atom stereocenters. The Hall–Kier alpha value is -2.76. The molecule has 1 heterocycles. The van der Waals surface area contributed by atoms with Gasteiger partial charge in [0, 0.05) is 12.6 Å². The quantitative estimate of drug-likeness (QED) is 0.784. The number of rotatable bonds is 7. The SMILES string of the molecule is CCC(CC)NC(=O)C1CN(Cc2ccc(OC)c(F)c2)c2ccccc2O1. The van der Waals surface area contributed by atoms with Gasteiger partial charge in [0.1, 0.15) is 5.75 Å². The first kappa shape index (κ1) is 20.0. The van der Waals surface area contributed by atoms with E-state index >= 15 is 0 Å². The van der Waals surface area contributed by atoms with Crippen LogP contribution in [0.15, 0.2) is 42.5 Å². The predicted octanol–water partition coefficient (Wildman–Crippen LogP) is 3.91. The average Bonchev–Trinajstić information content (AvgIpc) is 2.71. The Morgan fingerprint density at radius 3 is 2.71 bits per heavy atom. The summed E-state index contributed by atoms with van der Waals surface area (Å²) >= 11 is 0. The minimum absolute atomic E-state index is 0.117. The molecule has 1 aliphatic rings. The Morgan fingerprint density at radius 2 is 2.04 bits per heavy atom. The summed E-state index contributed by atoms with van der Waals surface area (Å²) in [5.41, 5.74) is 1.69. The lowest BCUT2D eigenvalue weighted by Crippen LogP contribution is -2.50. The minimum Gasteiger partial charge on any atom is -0.494 e. The van der Waals surface area contributed by atoms with Gasteiger partial charge in [0.05, 0.1) is 19.3 Å². The number of methoxy groups -OCH3 is 1. The van der Waals surface area contributed by atoms with Gasteiger partial charge in [-0.2, -0.15) is 0 Å². The lowest BCUT2D eigenvalue weighted by Gasteiger charge is -2.36. The van der Waals surface area contributed by atoms with Gasteiger partial charge in [0.15, 0.2) is 17.7 Å². The number of carbonyl (C=O) groups is 1. The number of fused-ring (bicyclic) bond motifs is 1. The van der Waals surface area contributed by atoms with Crippen molar-refractivity contribution in [2.24, 2.45) is 0 Å². The molecular formula is C22H27FN2O3. The van der Waals surface area contributed by atoms with E-state index in [1.165, 1.54) is 13.2 Å². The number of ether oxygens (including phenoxy) is 2. The van der Waals surface area contributed by atoms with E-state index in [0.717, 1.165) is 24.1 Å². The zero-order valence-corrected chi connectivity index (χ0v) is 16.6. The molecule has 0 bridgehead atoms. The first-order valence-corrected chi connectivity index (χ1v) is 9.69. The van der Waals surface area contributed by atoms with Crippen LogP contribution in [0.4, 0.5) is 10.1 Å². The standard InChI is InChI=1S/C22H27FN2O3/c1-4-16(5-2)24-22(26)21-14-25(18-8-6-7-9-20(18)28-21)13-15-10-11-19(27-3)17(23)12-15/h6-12,16,21H,4-5,13-14H2,1-3H3,(H,24,26). The summed E-state index contributed by atoms with van der Waals surface area (Å²) < 4.78 is 25.0. The van der Waals surface area contributed by atoms with E-state index in [1.54, 1.807) is 6.07 Å². The molecule has 2 aromatic rings. The van der Waals surface area contributed by atoms with Crippen molar-refractivity contribution in [3.05, 3.63) is 53.8 Å². The van der Waals surface area contributed by atoms with Crippen molar-refractivity contribution in [1.29, 1.82) is 0 Å². The third kappa shape index (κ3) is 4.38. The van der Waals surface area contributed by atoms with Crippen LogP contribution in [0.3, 0.4) is 0 Å². The molecule has 0 saturated carbocycles. The zero-order chi connectivity index (χ0) is 20.1. The number of hydrogen-bond donors (Lipinski definition) is 1. The van der Waals surface area contributed by atoms with Crippen LogP contribution >= 0.6 is 0 Å². The van der Waals surface area contributed by atoms with Crippen LogP contribution < -0.4 is 19.7 Å². The Labute approximate surface area is 165 Å². The normalized spacial score (nSPS) is 15.8. The first-order chi connectivity index (χ1) is 13.5. The third-order valence-electron chi connectivity index (χ3n) is 5.08.